The summed E-state index contributed by atoms with van der Waals surface area (Å²) < 4.78 is 38.2. The number of pyridine rings is 1. The van der Waals surface area contributed by atoms with Gasteiger partial charge in [0.05, 0.1) is 11.3 Å². The van der Waals surface area contributed by atoms with E-state index < -0.39 is 11.7 Å². The van der Waals surface area contributed by atoms with Crippen molar-refractivity contribution in [3.63, 3.8) is 0 Å². The Morgan fingerprint density at radius 2 is 1.80 bits per heavy atom. The normalized spacial score (nSPS) is 12.0. The van der Waals surface area contributed by atoms with Gasteiger partial charge in [-0.2, -0.15) is 13.2 Å². The largest absolute Gasteiger partial charge is 0.418 e. The fourth-order valence-corrected chi connectivity index (χ4v) is 1.62. The van der Waals surface area contributed by atoms with Crippen molar-refractivity contribution in [1.29, 1.82) is 0 Å². The van der Waals surface area contributed by atoms with Crippen LogP contribution in [0.1, 0.15) is 11.3 Å². The molecule has 0 aliphatic carbocycles. The van der Waals surface area contributed by atoms with Gasteiger partial charge in [0, 0.05) is 11.6 Å². The Bertz CT molecular complexity index is 503. The minimum absolute atomic E-state index is 0.0150. The molecule has 0 fully saturated rings. The highest BCUT2D eigenvalue weighted by Gasteiger charge is 2.34. The van der Waals surface area contributed by atoms with Crippen molar-refractivity contribution in [3.05, 3.63) is 41.7 Å². The fourth-order valence-electron chi connectivity index (χ4n) is 1.62. The second-order valence-corrected chi connectivity index (χ2v) is 3.30. The highest BCUT2D eigenvalue weighted by Crippen LogP contribution is 2.35. The van der Waals surface area contributed by atoms with E-state index in [0.29, 0.717) is 5.39 Å². The van der Waals surface area contributed by atoms with E-state index in [1.54, 1.807) is 18.2 Å². The van der Waals surface area contributed by atoms with E-state index >= 15 is 0 Å². The van der Waals surface area contributed by atoms with Gasteiger partial charge in [0.2, 0.25) is 0 Å². The first-order chi connectivity index (χ1) is 7.00. The maximum Gasteiger partial charge on any atom is 0.418 e. The summed E-state index contributed by atoms with van der Waals surface area (Å²) >= 11 is 0. The first-order valence-corrected chi connectivity index (χ1v) is 4.41. The molecule has 0 unspecified atom stereocenters. The summed E-state index contributed by atoms with van der Waals surface area (Å²) in [5.74, 6) is 0. The number of nitrogens with zero attached hydrogens (tertiary/aromatic N) is 1. The monoisotopic (exact) mass is 211 g/mol. The molecule has 2 aromatic rings. The van der Waals surface area contributed by atoms with Gasteiger partial charge in [0.15, 0.2) is 0 Å². The van der Waals surface area contributed by atoms with E-state index in [1.165, 1.54) is 19.2 Å². The predicted molar refractivity (Wildman–Crippen MR) is 51.5 cm³/mol. The average molecular weight is 211 g/mol. The van der Waals surface area contributed by atoms with E-state index in [9.17, 15) is 13.2 Å². The summed E-state index contributed by atoms with van der Waals surface area (Å²) in [5.41, 5.74) is -0.623. The molecular formula is C11H8F3N. The van der Waals surface area contributed by atoms with Crippen molar-refractivity contribution in [2.24, 2.45) is 0 Å². The third-order valence-corrected chi connectivity index (χ3v) is 2.27. The van der Waals surface area contributed by atoms with Crippen LogP contribution in [0.4, 0.5) is 13.2 Å². The SMILES string of the molecule is Cc1ncc2ccccc2c1C(F)(F)F. The molecule has 1 aromatic heterocycles. The van der Waals surface area contributed by atoms with Crippen LogP contribution in [-0.4, -0.2) is 4.98 Å². The molecule has 15 heavy (non-hydrogen) atoms. The minimum atomic E-state index is -4.35. The quantitative estimate of drug-likeness (QED) is 0.649. The number of aryl methyl sites for hydroxylation is 1. The van der Waals surface area contributed by atoms with Crippen molar-refractivity contribution >= 4 is 10.8 Å². The summed E-state index contributed by atoms with van der Waals surface area (Å²) in [6.07, 6.45) is -2.89. The Balaban J connectivity index is 2.86. The van der Waals surface area contributed by atoms with Crippen molar-refractivity contribution in [3.8, 4) is 0 Å². The second-order valence-electron chi connectivity index (χ2n) is 3.30. The minimum Gasteiger partial charge on any atom is -0.260 e. The van der Waals surface area contributed by atoms with Crippen molar-refractivity contribution in [2.75, 3.05) is 0 Å². The van der Waals surface area contributed by atoms with Gasteiger partial charge in [-0.1, -0.05) is 24.3 Å². The Hall–Kier alpha value is -1.58. The van der Waals surface area contributed by atoms with Crippen LogP contribution in [0.3, 0.4) is 0 Å². The molecule has 4 heteroatoms. The molecular weight excluding hydrogens is 203 g/mol. The van der Waals surface area contributed by atoms with Crippen molar-refractivity contribution < 1.29 is 13.2 Å². The van der Waals surface area contributed by atoms with Gasteiger partial charge in [-0.3, -0.25) is 4.98 Å². The summed E-state index contributed by atoms with van der Waals surface area (Å²) in [6.45, 7) is 1.37. The third kappa shape index (κ3) is 1.67. The number of halogens is 3. The summed E-state index contributed by atoms with van der Waals surface area (Å²) in [5, 5.41) is 0.716. The molecule has 1 aromatic carbocycles. The maximum absolute atomic E-state index is 12.7. The first kappa shape index (κ1) is 9.96. The Morgan fingerprint density at radius 1 is 1.13 bits per heavy atom. The molecule has 0 radical (unpaired) electrons. The molecule has 2 rings (SSSR count). The molecule has 0 saturated heterocycles. The van der Waals surface area contributed by atoms with Gasteiger partial charge in [0.1, 0.15) is 0 Å². The van der Waals surface area contributed by atoms with E-state index in [0.717, 1.165) is 0 Å². The van der Waals surface area contributed by atoms with E-state index in [-0.39, 0.29) is 11.1 Å². The van der Waals surface area contributed by atoms with Crippen LogP contribution in [0.15, 0.2) is 30.5 Å². The zero-order valence-corrected chi connectivity index (χ0v) is 7.97. The number of hydrogen-bond acceptors (Lipinski definition) is 1. The van der Waals surface area contributed by atoms with Crippen LogP contribution < -0.4 is 0 Å². The molecule has 0 spiro atoms. The highest BCUT2D eigenvalue weighted by molar-refractivity contribution is 5.85. The zero-order valence-electron chi connectivity index (χ0n) is 7.97. The van der Waals surface area contributed by atoms with Crippen molar-refractivity contribution in [1.82, 2.24) is 4.98 Å². The molecule has 1 nitrogen and oxygen atoms in total. The Morgan fingerprint density at radius 3 is 2.47 bits per heavy atom. The molecule has 0 amide bonds. The zero-order chi connectivity index (χ0) is 11.1. The van der Waals surface area contributed by atoms with Crippen LogP contribution in [-0.2, 0) is 6.18 Å². The maximum atomic E-state index is 12.7. The van der Waals surface area contributed by atoms with Crippen LogP contribution >= 0.6 is 0 Å². The molecule has 0 bridgehead atoms. The Kier molecular flexibility index (Phi) is 2.14. The molecule has 0 aliphatic rings. The van der Waals surface area contributed by atoms with Gasteiger partial charge < -0.3 is 0 Å². The van der Waals surface area contributed by atoms with Gasteiger partial charge >= 0.3 is 6.18 Å². The molecule has 0 atom stereocenters. The predicted octanol–water partition coefficient (Wildman–Crippen LogP) is 3.56. The lowest BCUT2D eigenvalue weighted by Gasteiger charge is -2.12. The number of aromatic nitrogens is 1. The van der Waals surface area contributed by atoms with Crippen LogP contribution in [0.2, 0.25) is 0 Å². The summed E-state index contributed by atoms with van der Waals surface area (Å²) in [4.78, 5) is 3.75. The number of alkyl halides is 3. The first-order valence-electron chi connectivity index (χ1n) is 4.41. The third-order valence-electron chi connectivity index (χ3n) is 2.27. The van der Waals surface area contributed by atoms with Crippen molar-refractivity contribution in [2.45, 2.75) is 13.1 Å². The average Bonchev–Trinajstić information content (AvgIpc) is 2.15. The lowest BCUT2D eigenvalue weighted by Crippen LogP contribution is -2.09. The topological polar surface area (TPSA) is 12.9 Å². The number of benzene rings is 1. The highest BCUT2D eigenvalue weighted by atomic mass is 19.4. The number of rotatable bonds is 0. The summed E-state index contributed by atoms with van der Waals surface area (Å²) in [6, 6.07) is 6.38. The van der Waals surface area contributed by atoms with Crippen LogP contribution in [0.25, 0.3) is 10.8 Å². The fraction of sp³-hybridized carbons (Fsp3) is 0.182. The van der Waals surface area contributed by atoms with Gasteiger partial charge in [0.25, 0.3) is 0 Å². The van der Waals surface area contributed by atoms with E-state index in [2.05, 4.69) is 4.98 Å². The summed E-state index contributed by atoms with van der Waals surface area (Å²) in [7, 11) is 0. The molecule has 0 N–H and O–H groups in total. The molecule has 0 saturated carbocycles. The van der Waals surface area contributed by atoms with Gasteiger partial charge in [-0.15, -0.1) is 0 Å². The lowest BCUT2D eigenvalue weighted by atomic mass is 10.0. The van der Waals surface area contributed by atoms with Crippen LogP contribution in [0.5, 0.6) is 0 Å². The number of fused-ring (bicyclic) bond motifs is 1. The van der Waals surface area contributed by atoms with E-state index in [4.69, 9.17) is 0 Å². The standard InChI is InChI=1S/C11H8F3N/c1-7-10(11(12,13)14)9-5-3-2-4-8(9)6-15-7/h2-6H,1H3. The van der Waals surface area contributed by atoms with Crippen LogP contribution in [0, 0.1) is 6.92 Å². The molecule has 1 heterocycles. The number of hydrogen-bond donors (Lipinski definition) is 0. The smallest absolute Gasteiger partial charge is 0.260 e. The molecule has 0 aliphatic heterocycles. The Labute approximate surface area is 84.6 Å². The lowest BCUT2D eigenvalue weighted by molar-refractivity contribution is -0.137. The van der Waals surface area contributed by atoms with E-state index in [1.807, 2.05) is 0 Å². The van der Waals surface area contributed by atoms with Gasteiger partial charge in [-0.25, -0.2) is 0 Å². The second kappa shape index (κ2) is 3.22. The van der Waals surface area contributed by atoms with Gasteiger partial charge in [-0.05, 0) is 12.3 Å². The molecule has 78 valence electrons.